The highest BCUT2D eigenvalue weighted by molar-refractivity contribution is 5.31. The van der Waals surface area contributed by atoms with E-state index in [1.54, 1.807) is 0 Å². The molecule has 1 aromatic carbocycles. The molecule has 0 aromatic heterocycles. The second kappa shape index (κ2) is 4.23. The summed E-state index contributed by atoms with van der Waals surface area (Å²) in [4.78, 5) is 0. The topological polar surface area (TPSA) is 29.5 Å². The third-order valence-electron chi connectivity index (χ3n) is 3.05. The van der Waals surface area contributed by atoms with Crippen molar-refractivity contribution in [1.29, 1.82) is 0 Å². The monoisotopic (exact) mass is 206 g/mol. The molecule has 0 heterocycles. The minimum Gasteiger partial charge on any atom is -0.494 e. The molecule has 1 N–H and O–H groups in total. The fourth-order valence-electron chi connectivity index (χ4n) is 1.88. The van der Waals surface area contributed by atoms with Gasteiger partial charge in [-0.25, -0.2) is 0 Å². The maximum Gasteiger partial charge on any atom is 0.119 e. The minimum absolute atomic E-state index is 0.552. The predicted octanol–water partition coefficient (Wildman–Crippen LogP) is 2.85. The fraction of sp³-hybridized carbons (Fsp3) is 0.538. The van der Waals surface area contributed by atoms with Crippen LogP contribution in [0, 0.1) is 0 Å². The lowest BCUT2D eigenvalue weighted by Gasteiger charge is -2.37. The Morgan fingerprint density at radius 1 is 1.27 bits per heavy atom. The van der Waals surface area contributed by atoms with E-state index in [1.807, 2.05) is 24.3 Å². The van der Waals surface area contributed by atoms with Crippen molar-refractivity contribution in [3.8, 4) is 5.75 Å². The molecule has 2 nitrogen and oxygen atoms in total. The Morgan fingerprint density at radius 2 is 1.93 bits per heavy atom. The summed E-state index contributed by atoms with van der Waals surface area (Å²) >= 11 is 0. The number of aliphatic hydroxyl groups is 1. The standard InChI is InChI=1S/C13H18O2/c1-2-10-15-12-6-4-11(5-7-12)13(14)8-3-9-13/h4-7,14H,2-3,8-10H2,1H3. The van der Waals surface area contributed by atoms with Gasteiger partial charge in [-0.1, -0.05) is 19.1 Å². The molecule has 82 valence electrons. The zero-order chi connectivity index (χ0) is 10.7. The summed E-state index contributed by atoms with van der Waals surface area (Å²) < 4.78 is 5.49. The van der Waals surface area contributed by atoms with Gasteiger partial charge in [-0.05, 0) is 43.4 Å². The number of benzene rings is 1. The third kappa shape index (κ3) is 2.15. The first-order valence-electron chi connectivity index (χ1n) is 5.70. The molecular weight excluding hydrogens is 188 g/mol. The van der Waals surface area contributed by atoms with Crippen molar-refractivity contribution < 1.29 is 9.84 Å². The molecule has 15 heavy (non-hydrogen) atoms. The molecule has 1 aromatic rings. The highest BCUT2D eigenvalue weighted by Crippen LogP contribution is 2.41. The average molecular weight is 206 g/mol. The van der Waals surface area contributed by atoms with Crippen LogP contribution < -0.4 is 4.74 Å². The van der Waals surface area contributed by atoms with Gasteiger partial charge in [0, 0.05) is 0 Å². The molecule has 0 bridgehead atoms. The van der Waals surface area contributed by atoms with Gasteiger partial charge in [0.05, 0.1) is 12.2 Å². The van der Waals surface area contributed by atoms with Crippen molar-refractivity contribution >= 4 is 0 Å². The van der Waals surface area contributed by atoms with Crippen LogP contribution in [0.4, 0.5) is 0 Å². The molecule has 0 aliphatic heterocycles. The average Bonchev–Trinajstić information content (AvgIpc) is 2.24. The van der Waals surface area contributed by atoms with Gasteiger partial charge in [-0.3, -0.25) is 0 Å². The van der Waals surface area contributed by atoms with E-state index in [1.165, 1.54) is 0 Å². The Bertz CT molecular complexity index is 312. The van der Waals surface area contributed by atoms with E-state index in [-0.39, 0.29) is 0 Å². The van der Waals surface area contributed by atoms with Crippen LogP contribution >= 0.6 is 0 Å². The van der Waals surface area contributed by atoms with Crippen LogP contribution in [0.1, 0.15) is 38.2 Å². The lowest BCUT2D eigenvalue weighted by molar-refractivity contribution is -0.0388. The summed E-state index contributed by atoms with van der Waals surface area (Å²) in [6.07, 6.45) is 3.93. The summed E-state index contributed by atoms with van der Waals surface area (Å²) in [6.45, 7) is 2.84. The highest BCUT2D eigenvalue weighted by Gasteiger charge is 2.35. The Balaban J connectivity index is 2.03. The van der Waals surface area contributed by atoms with Crippen molar-refractivity contribution in [3.63, 3.8) is 0 Å². The van der Waals surface area contributed by atoms with Crippen LogP contribution in [-0.2, 0) is 5.60 Å². The summed E-state index contributed by atoms with van der Waals surface area (Å²) in [5, 5.41) is 10.1. The quantitative estimate of drug-likeness (QED) is 0.820. The van der Waals surface area contributed by atoms with E-state index < -0.39 is 5.60 Å². The molecular formula is C13H18O2. The van der Waals surface area contributed by atoms with Crippen molar-refractivity contribution in [2.75, 3.05) is 6.61 Å². The normalized spacial score (nSPS) is 18.3. The van der Waals surface area contributed by atoms with Crippen molar-refractivity contribution in [1.82, 2.24) is 0 Å². The Labute approximate surface area is 90.9 Å². The van der Waals surface area contributed by atoms with Gasteiger partial charge >= 0.3 is 0 Å². The SMILES string of the molecule is CCCOc1ccc(C2(O)CCC2)cc1. The Kier molecular flexibility index (Phi) is 2.96. The van der Waals surface area contributed by atoms with Gasteiger partial charge in [0.2, 0.25) is 0 Å². The predicted molar refractivity (Wildman–Crippen MR) is 60.0 cm³/mol. The maximum absolute atomic E-state index is 10.1. The van der Waals surface area contributed by atoms with E-state index in [0.717, 1.165) is 43.6 Å². The van der Waals surface area contributed by atoms with Crippen LogP contribution in [0.25, 0.3) is 0 Å². The van der Waals surface area contributed by atoms with Gasteiger partial charge in [0.15, 0.2) is 0 Å². The van der Waals surface area contributed by atoms with Gasteiger partial charge in [-0.15, -0.1) is 0 Å². The number of rotatable bonds is 4. The summed E-state index contributed by atoms with van der Waals surface area (Å²) in [7, 11) is 0. The molecule has 2 rings (SSSR count). The molecule has 0 amide bonds. The van der Waals surface area contributed by atoms with Crippen LogP contribution in [0.15, 0.2) is 24.3 Å². The molecule has 1 fully saturated rings. The molecule has 0 saturated heterocycles. The summed E-state index contributed by atoms with van der Waals surface area (Å²) in [5.41, 5.74) is 0.473. The molecule has 0 radical (unpaired) electrons. The lowest BCUT2D eigenvalue weighted by atomic mass is 9.75. The minimum atomic E-state index is -0.552. The zero-order valence-electron chi connectivity index (χ0n) is 9.20. The smallest absolute Gasteiger partial charge is 0.119 e. The van der Waals surface area contributed by atoms with Crippen LogP contribution in [0.5, 0.6) is 5.75 Å². The second-order valence-corrected chi connectivity index (χ2v) is 4.26. The number of hydrogen-bond acceptors (Lipinski definition) is 2. The van der Waals surface area contributed by atoms with Crippen molar-refractivity contribution in [2.24, 2.45) is 0 Å². The first-order chi connectivity index (χ1) is 7.24. The van der Waals surface area contributed by atoms with Gasteiger partial charge in [-0.2, -0.15) is 0 Å². The van der Waals surface area contributed by atoms with Gasteiger partial charge in [0.25, 0.3) is 0 Å². The molecule has 1 aliphatic carbocycles. The van der Waals surface area contributed by atoms with E-state index in [4.69, 9.17) is 4.74 Å². The maximum atomic E-state index is 10.1. The van der Waals surface area contributed by atoms with E-state index in [0.29, 0.717) is 0 Å². The molecule has 1 saturated carbocycles. The molecule has 0 unspecified atom stereocenters. The lowest BCUT2D eigenvalue weighted by Crippen LogP contribution is -2.33. The third-order valence-corrected chi connectivity index (χ3v) is 3.05. The molecule has 0 atom stereocenters. The first kappa shape index (κ1) is 10.5. The largest absolute Gasteiger partial charge is 0.494 e. The van der Waals surface area contributed by atoms with E-state index in [9.17, 15) is 5.11 Å². The number of hydrogen-bond donors (Lipinski definition) is 1. The Morgan fingerprint density at radius 3 is 2.40 bits per heavy atom. The van der Waals surface area contributed by atoms with Crippen molar-refractivity contribution in [2.45, 2.75) is 38.2 Å². The van der Waals surface area contributed by atoms with Gasteiger partial charge in [0.1, 0.15) is 5.75 Å². The Hall–Kier alpha value is -1.02. The zero-order valence-corrected chi connectivity index (χ0v) is 9.20. The van der Waals surface area contributed by atoms with Crippen LogP contribution in [0.2, 0.25) is 0 Å². The van der Waals surface area contributed by atoms with Crippen LogP contribution in [0.3, 0.4) is 0 Å². The van der Waals surface area contributed by atoms with E-state index >= 15 is 0 Å². The van der Waals surface area contributed by atoms with Crippen LogP contribution in [-0.4, -0.2) is 11.7 Å². The second-order valence-electron chi connectivity index (χ2n) is 4.26. The fourth-order valence-corrected chi connectivity index (χ4v) is 1.88. The molecule has 1 aliphatic rings. The highest BCUT2D eigenvalue weighted by atomic mass is 16.5. The van der Waals surface area contributed by atoms with Crippen molar-refractivity contribution in [3.05, 3.63) is 29.8 Å². The summed E-state index contributed by atoms with van der Waals surface area (Å²) in [6, 6.07) is 7.84. The summed E-state index contributed by atoms with van der Waals surface area (Å²) in [5.74, 6) is 0.892. The van der Waals surface area contributed by atoms with E-state index in [2.05, 4.69) is 6.92 Å². The first-order valence-corrected chi connectivity index (χ1v) is 5.70. The molecule has 2 heteroatoms. The number of ether oxygens (including phenoxy) is 1. The molecule has 0 spiro atoms. The van der Waals surface area contributed by atoms with Gasteiger partial charge < -0.3 is 9.84 Å².